The fourth-order valence-electron chi connectivity index (χ4n) is 3.64. The van der Waals surface area contributed by atoms with Gasteiger partial charge in [-0.15, -0.1) is 0 Å². The predicted octanol–water partition coefficient (Wildman–Crippen LogP) is 3.03. The van der Waals surface area contributed by atoms with Crippen molar-refractivity contribution in [3.8, 4) is 11.5 Å². The molecule has 1 aromatic rings. The normalized spacial score (nSPS) is 36.9. The number of hydrogen-bond acceptors (Lipinski definition) is 4. The third-order valence-corrected chi connectivity index (χ3v) is 4.73. The lowest BCUT2D eigenvalue weighted by Gasteiger charge is -2.46. The van der Waals surface area contributed by atoms with Gasteiger partial charge in [-0.25, -0.2) is 0 Å². The van der Waals surface area contributed by atoms with Crippen LogP contribution in [0.1, 0.15) is 53.5 Å². The van der Waals surface area contributed by atoms with Crippen molar-refractivity contribution in [1.82, 2.24) is 4.90 Å². The molecule has 4 heteroatoms. The maximum Gasteiger partial charge on any atom is 0.161 e. The van der Waals surface area contributed by atoms with Crippen molar-refractivity contribution in [2.45, 2.75) is 45.2 Å². The molecule has 0 aliphatic carbocycles. The van der Waals surface area contributed by atoms with E-state index in [0.29, 0.717) is 17.9 Å². The molecular formula is C19H29NO3. The summed E-state index contributed by atoms with van der Waals surface area (Å²) in [6.45, 7) is 1.95. The van der Waals surface area contributed by atoms with Gasteiger partial charge in [-0.1, -0.05) is 13.8 Å². The van der Waals surface area contributed by atoms with E-state index in [-0.39, 0.29) is 35.9 Å². The van der Waals surface area contributed by atoms with Gasteiger partial charge < -0.3 is 14.6 Å². The van der Waals surface area contributed by atoms with E-state index >= 15 is 0 Å². The average Bonchev–Trinajstić information content (AvgIpc) is 2.60. The molecule has 0 spiro atoms. The highest BCUT2D eigenvalue weighted by Crippen LogP contribution is 2.43. The number of fused-ring (bicyclic) bond motifs is 3. The molecule has 2 aliphatic rings. The molecule has 1 fully saturated rings. The van der Waals surface area contributed by atoms with E-state index in [1.165, 1.54) is 24.1 Å². The Morgan fingerprint density at radius 3 is 2.87 bits per heavy atom. The minimum atomic E-state index is -2.76. The Kier molecular flexibility index (Phi) is 2.88. The van der Waals surface area contributed by atoms with Crippen LogP contribution < -0.4 is 9.47 Å². The van der Waals surface area contributed by atoms with Crippen molar-refractivity contribution >= 4 is 0 Å². The van der Waals surface area contributed by atoms with Gasteiger partial charge in [0.25, 0.3) is 0 Å². The smallest absolute Gasteiger partial charge is 0.161 e. The molecule has 128 valence electrons. The summed E-state index contributed by atoms with van der Waals surface area (Å²) >= 11 is 0. The number of aliphatic hydroxyl groups is 1. The van der Waals surface area contributed by atoms with Crippen LogP contribution in [0.2, 0.25) is 0 Å². The zero-order chi connectivity index (χ0) is 22.6. The summed E-state index contributed by atoms with van der Waals surface area (Å²) in [6.07, 6.45) is -2.11. The van der Waals surface area contributed by atoms with Gasteiger partial charge in [0.1, 0.15) is 0 Å². The molecule has 0 saturated carbocycles. The highest BCUT2D eigenvalue weighted by atomic mass is 16.5. The molecule has 2 heterocycles. The van der Waals surface area contributed by atoms with Crippen LogP contribution in [0.15, 0.2) is 12.1 Å². The van der Waals surface area contributed by atoms with E-state index in [2.05, 4.69) is 0 Å². The molecule has 3 atom stereocenters. The number of ether oxygens (including phenoxy) is 2. The van der Waals surface area contributed by atoms with Crippen LogP contribution in [0.25, 0.3) is 0 Å². The fraction of sp³-hybridized carbons (Fsp3) is 0.684. The van der Waals surface area contributed by atoms with E-state index < -0.39 is 32.1 Å². The van der Waals surface area contributed by atoms with E-state index in [1.54, 1.807) is 0 Å². The van der Waals surface area contributed by atoms with E-state index in [1.807, 2.05) is 13.8 Å². The van der Waals surface area contributed by atoms with Crippen LogP contribution in [0.5, 0.6) is 11.5 Å². The predicted molar refractivity (Wildman–Crippen MR) is 91.1 cm³/mol. The molecule has 23 heavy (non-hydrogen) atoms. The zero-order valence-electron chi connectivity index (χ0n) is 20.8. The van der Waals surface area contributed by atoms with Crippen molar-refractivity contribution < 1.29 is 24.2 Å². The largest absolute Gasteiger partial charge is 0.493 e. The number of aliphatic hydroxyl groups excluding tert-OH is 1. The highest BCUT2D eigenvalue weighted by molar-refractivity contribution is 5.49. The Labute approximate surface area is 149 Å². The molecule has 1 saturated heterocycles. The zero-order valence-corrected chi connectivity index (χ0v) is 13.8. The van der Waals surface area contributed by atoms with Crippen LogP contribution in [0, 0.1) is 11.8 Å². The molecule has 0 bridgehead atoms. The number of rotatable bonds is 4. The van der Waals surface area contributed by atoms with Gasteiger partial charge in [0.15, 0.2) is 11.5 Å². The lowest BCUT2D eigenvalue weighted by molar-refractivity contribution is -0.0191. The van der Waals surface area contributed by atoms with Gasteiger partial charge in [-0.2, -0.15) is 0 Å². The van der Waals surface area contributed by atoms with Crippen molar-refractivity contribution in [3.05, 3.63) is 23.3 Å². The number of piperidine rings is 1. The number of methoxy groups -OCH3 is 2. The molecule has 2 aliphatic heterocycles. The minimum Gasteiger partial charge on any atom is -0.493 e. The maximum atomic E-state index is 10.7. The first-order valence-electron chi connectivity index (χ1n) is 11.5. The molecule has 4 nitrogen and oxygen atoms in total. The second kappa shape index (κ2) is 6.70. The number of nitrogens with zero attached hydrogens (tertiary/aromatic N) is 1. The first-order valence-corrected chi connectivity index (χ1v) is 8.05. The van der Waals surface area contributed by atoms with E-state index in [9.17, 15) is 5.11 Å². The van der Waals surface area contributed by atoms with Gasteiger partial charge in [-0.3, -0.25) is 4.90 Å². The lowest BCUT2D eigenvalue weighted by atomic mass is 9.79. The quantitative estimate of drug-likeness (QED) is 0.923. The van der Waals surface area contributed by atoms with Crippen LogP contribution in [0.4, 0.5) is 0 Å². The molecule has 3 unspecified atom stereocenters. The molecule has 1 aromatic carbocycles. The molecule has 0 aromatic heterocycles. The first kappa shape index (κ1) is 9.90. The second-order valence-corrected chi connectivity index (χ2v) is 6.79. The Balaban J connectivity index is 2.12. The average molecular weight is 326 g/mol. The maximum absolute atomic E-state index is 10.7. The van der Waals surface area contributed by atoms with Gasteiger partial charge in [0.05, 0.1) is 24.4 Å². The van der Waals surface area contributed by atoms with Crippen LogP contribution in [-0.2, 0) is 6.37 Å². The Morgan fingerprint density at radius 2 is 2.17 bits per heavy atom. The summed E-state index contributed by atoms with van der Waals surface area (Å²) < 4.78 is 66.8. The molecule has 3 rings (SSSR count). The summed E-state index contributed by atoms with van der Waals surface area (Å²) in [5.41, 5.74) is 0.496. The summed E-state index contributed by atoms with van der Waals surface area (Å²) in [5.74, 6) is 0.120. The van der Waals surface area contributed by atoms with Crippen LogP contribution in [0.3, 0.4) is 0 Å². The standard InChI is InChI=1S/C19H29NO3/c1-12(2)7-14-11-20-6-5-13-8-18(22-3)19(23-4)9-15(13)16(20)10-17(14)21/h8-9,12,14,16-17,21H,5-7,10-11H2,1-4H3/i3D3,5D2,6D2. The summed E-state index contributed by atoms with van der Waals surface area (Å²) in [4.78, 5) is 1.50. The van der Waals surface area contributed by atoms with E-state index in [0.717, 1.165) is 0 Å². The topological polar surface area (TPSA) is 41.9 Å². The van der Waals surface area contributed by atoms with Gasteiger partial charge >= 0.3 is 0 Å². The Morgan fingerprint density at radius 1 is 1.39 bits per heavy atom. The van der Waals surface area contributed by atoms with Gasteiger partial charge in [-0.05, 0) is 54.3 Å². The third kappa shape index (κ3) is 3.20. The first-order chi connectivity index (χ1) is 13.7. The Hall–Kier alpha value is -1.26. The van der Waals surface area contributed by atoms with Gasteiger partial charge in [0, 0.05) is 24.6 Å². The number of aryl methyl sites for hydroxylation is 1. The summed E-state index contributed by atoms with van der Waals surface area (Å²) in [7, 11) is -1.41. The number of hydrogen-bond donors (Lipinski definition) is 1. The fourth-order valence-corrected chi connectivity index (χ4v) is 3.64. The second-order valence-electron chi connectivity index (χ2n) is 6.79. The van der Waals surface area contributed by atoms with Crippen molar-refractivity contribution in [2.75, 3.05) is 27.2 Å². The summed E-state index contributed by atoms with van der Waals surface area (Å²) in [6, 6.07) is 2.17. The van der Waals surface area contributed by atoms with Gasteiger partial charge in [0.2, 0.25) is 0 Å². The monoisotopic (exact) mass is 326 g/mol. The minimum absolute atomic E-state index is 0.0170. The molecular weight excluding hydrogens is 290 g/mol. The molecule has 0 amide bonds. The number of benzene rings is 1. The lowest BCUT2D eigenvalue weighted by Crippen LogP contribution is -2.48. The third-order valence-electron chi connectivity index (χ3n) is 4.73. The molecule has 0 radical (unpaired) electrons. The van der Waals surface area contributed by atoms with Crippen LogP contribution in [-0.4, -0.2) is 43.3 Å². The Bertz CT molecular complexity index is 797. The summed E-state index contributed by atoms with van der Waals surface area (Å²) in [5, 5.41) is 10.7. The van der Waals surface area contributed by atoms with Crippen LogP contribution >= 0.6 is 0 Å². The SMILES string of the molecule is [2H]C([2H])([2H])Oc1cc2c(cc1OC)C1CC(O)C(CC(C)C)CN1C([2H])([2H])C2([2H])[2H]. The van der Waals surface area contributed by atoms with E-state index in [4.69, 9.17) is 19.1 Å². The highest BCUT2D eigenvalue weighted by Gasteiger charge is 2.38. The van der Waals surface area contributed by atoms with Crippen molar-refractivity contribution in [2.24, 2.45) is 11.8 Å². The molecule has 1 N–H and O–H groups in total. The van der Waals surface area contributed by atoms with Crippen molar-refractivity contribution in [1.29, 1.82) is 0 Å². The van der Waals surface area contributed by atoms with Crippen molar-refractivity contribution in [3.63, 3.8) is 0 Å².